The molecule has 3 unspecified atom stereocenters. The molecule has 0 aliphatic rings. The van der Waals surface area contributed by atoms with Gasteiger partial charge in [-0.05, 0) is 38.5 Å². The molecule has 2 N–H and O–H groups in total. The fourth-order valence-electron chi connectivity index (χ4n) is 1.61. The lowest BCUT2D eigenvalue weighted by Gasteiger charge is -2.26. The second-order valence-electron chi connectivity index (χ2n) is 4.46. The van der Waals surface area contributed by atoms with Crippen LogP contribution < -0.4 is 0 Å². The van der Waals surface area contributed by atoms with Gasteiger partial charge >= 0.3 is 0 Å². The van der Waals surface area contributed by atoms with E-state index in [0.717, 1.165) is 25.7 Å². The Bertz CT molecular complexity index is 132. The first kappa shape index (κ1) is 12.9. The summed E-state index contributed by atoms with van der Waals surface area (Å²) in [7, 11) is 0. The van der Waals surface area contributed by atoms with Gasteiger partial charge in [0.05, 0.1) is 11.7 Å². The molecule has 0 aliphatic carbocycles. The van der Waals surface area contributed by atoms with Crippen molar-refractivity contribution >= 4 is 0 Å². The van der Waals surface area contributed by atoms with E-state index in [-0.39, 0.29) is 6.10 Å². The van der Waals surface area contributed by atoms with Crippen molar-refractivity contribution in [2.75, 3.05) is 0 Å². The van der Waals surface area contributed by atoms with E-state index in [1.807, 2.05) is 20.8 Å². The molecule has 3 atom stereocenters. The minimum absolute atomic E-state index is 0.206. The molecule has 0 fully saturated rings. The molecule has 0 saturated heterocycles. The molecule has 2 nitrogen and oxygen atoms in total. The number of aliphatic hydroxyl groups is 2. The molecule has 0 radical (unpaired) electrons. The SMILES string of the molecule is CCC(O)CC(C)CC(C)(O)CC. The smallest absolute Gasteiger partial charge is 0.0619 e. The summed E-state index contributed by atoms with van der Waals surface area (Å²) in [6, 6.07) is 0. The van der Waals surface area contributed by atoms with E-state index >= 15 is 0 Å². The van der Waals surface area contributed by atoms with Gasteiger partial charge in [-0.3, -0.25) is 0 Å². The largest absolute Gasteiger partial charge is 0.393 e. The van der Waals surface area contributed by atoms with E-state index in [2.05, 4.69) is 6.92 Å². The number of aliphatic hydroxyl groups excluding tert-OH is 1. The number of hydrogen-bond donors (Lipinski definition) is 2. The first-order valence-corrected chi connectivity index (χ1v) is 5.31. The number of rotatable bonds is 6. The highest BCUT2D eigenvalue weighted by Gasteiger charge is 2.21. The lowest BCUT2D eigenvalue weighted by atomic mass is 9.87. The third-order valence-corrected chi connectivity index (χ3v) is 2.70. The fraction of sp³-hybridized carbons (Fsp3) is 1.00. The van der Waals surface area contributed by atoms with Crippen molar-refractivity contribution < 1.29 is 10.2 Å². The van der Waals surface area contributed by atoms with Crippen molar-refractivity contribution in [3.8, 4) is 0 Å². The maximum absolute atomic E-state index is 9.80. The van der Waals surface area contributed by atoms with E-state index in [1.54, 1.807) is 0 Å². The molecule has 0 aromatic heterocycles. The van der Waals surface area contributed by atoms with Crippen molar-refractivity contribution in [2.24, 2.45) is 5.92 Å². The van der Waals surface area contributed by atoms with Crippen molar-refractivity contribution in [1.82, 2.24) is 0 Å². The third-order valence-electron chi connectivity index (χ3n) is 2.70. The van der Waals surface area contributed by atoms with Crippen LogP contribution in [-0.4, -0.2) is 21.9 Å². The zero-order valence-corrected chi connectivity index (χ0v) is 9.38. The van der Waals surface area contributed by atoms with E-state index in [1.165, 1.54) is 0 Å². The molecule has 0 rings (SSSR count). The maximum atomic E-state index is 9.80. The maximum Gasteiger partial charge on any atom is 0.0619 e. The summed E-state index contributed by atoms with van der Waals surface area (Å²) in [5, 5.41) is 19.2. The van der Waals surface area contributed by atoms with Crippen LogP contribution in [-0.2, 0) is 0 Å². The molecular formula is C11H24O2. The van der Waals surface area contributed by atoms with Crippen LogP contribution in [0.25, 0.3) is 0 Å². The summed E-state index contributed by atoms with van der Waals surface area (Å²) in [4.78, 5) is 0. The summed E-state index contributed by atoms with van der Waals surface area (Å²) in [6.45, 7) is 7.92. The third kappa shape index (κ3) is 6.05. The normalized spacial score (nSPS) is 20.8. The van der Waals surface area contributed by atoms with E-state index in [9.17, 15) is 10.2 Å². The Morgan fingerprint density at radius 3 is 2.23 bits per heavy atom. The molecule has 80 valence electrons. The first-order valence-electron chi connectivity index (χ1n) is 5.31. The first-order chi connectivity index (χ1) is 5.91. The molecule has 0 aromatic carbocycles. The summed E-state index contributed by atoms with van der Waals surface area (Å²) in [5.41, 5.74) is -0.563. The number of hydrogen-bond acceptors (Lipinski definition) is 2. The van der Waals surface area contributed by atoms with Gasteiger partial charge in [0, 0.05) is 0 Å². The van der Waals surface area contributed by atoms with Crippen molar-refractivity contribution in [3.05, 3.63) is 0 Å². The highest BCUT2D eigenvalue weighted by Crippen LogP contribution is 2.23. The Kier molecular flexibility index (Phi) is 5.57. The lowest BCUT2D eigenvalue weighted by molar-refractivity contribution is 0.0230. The van der Waals surface area contributed by atoms with Crippen LogP contribution in [0.1, 0.15) is 53.4 Å². The minimum Gasteiger partial charge on any atom is -0.393 e. The van der Waals surface area contributed by atoms with E-state index in [4.69, 9.17) is 0 Å². The van der Waals surface area contributed by atoms with Gasteiger partial charge < -0.3 is 10.2 Å². The molecule has 0 saturated carbocycles. The topological polar surface area (TPSA) is 40.5 Å². The predicted octanol–water partition coefficient (Wildman–Crippen LogP) is 2.33. The summed E-state index contributed by atoms with van der Waals surface area (Å²) in [6.07, 6.45) is 2.95. The van der Waals surface area contributed by atoms with Crippen LogP contribution in [0, 0.1) is 5.92 Å². The quantitative estimate of drug-likeness (QED) is 0.671. The molecule has 0 aromatic rings. The Balaban J connectivity index is 3.79. The monoisotopic (exact) mass is 188 g/mol. The Morgan fingerprint density at radius 2 is 1.85 bits per heavy atom. The van der Waals surface area contributed by atoms with E-state index < -0.39 is 5.60 Å². The standard InChI is InChI=1S/C11H24O2/c1-5-10(12)7-9(3)8-11(4,13)6-2/h9-10,12-13H,5-8H2,1-4H3. The second kappa shape index (κ2) is 5.61. The van der Waals surface area contributed by atoms with Crippen molar-refractivity contribution in [3.63, 3.8) is 0 Å². The van der Waals surface area contributed by atoms with Gasteiger partial charge in [0.1, 0.15) is 0 Å². The van der Waals surface area contributed by atoms with Gasteiger partial charge in [-0.1, -0.05) is 20.8 Å². The molecular weight excluding hydrogens is 164 g/mol. The van der Waals surface area contributed by atoms with Gasteiger partial charge in [-0.15, -0.1) is 0 Å². The van der Waals surface area contributed by atoms with Crippen LogP contribution in [0.3, 0.4) is 0 Å². The fourth-order valence-corrected chi connectivity index (χ4v) is 1.61. The molecule has 0 aliphatic heterocycles. The zero-order chi connectivity index (χ0) is 10.5. The van der Waals surface area contributed by atoms with Gasteiger partial charge in [0.25, 0.3) is 0 Å². The lowest BCUT2D eigenvalue weighted by Crippen LogP contribution is -2.27. The highest BCUT2D eigenvalue weighted by atomic mass is 16.3. The predicted molar refractivity (Wildman–Crippen MR) is 55.6 cm³/mol. The van der Waals surface area contributed by atoms with Gasteiger partial charge in [-0.25, -0.2) is 0 Å². The molecule has 0 spiro atoms. The molecule has 2 heteroatoms. The van der Waals surface area contributed by atoms with Gasteiger partial charge in [0.15, 0.2) is 0 Å². The van der Waals surface area contributed by atoms with Crippen LogP contribution >= 0.6 is 0 Å². The zero-order valence-electron chi connectivity index (χ0n) is 9.38. The summed E-state index contributed by atoms with van der Waals surface area (Å²) >= 11 is 0. The van der Waals surface area contributed by atoms with Gasteiger partial charge in [0.2, 0.25) is 0 Å². The summed E-state index contributed by atoms with van der Waals surface area (Å²) < 4.78 is 0. The Morgan fingerprint density at radius 1 is 1.31 bits per heavy atom. The van der Waals surface area contributed by atoms with Crippen LogP contribution in [0.4, 0.5) is 0 Å². The minimum atomic E-state index is -0.563. The molecule has 0 heterocycles. The van der Waals surface area contributed by atoms with Gasteiger partial charge in [-0.2, -0.15) is 0 Å². The van der Waals surface area contributed by atoms with E-state index in [0.29, 0.717) is 5.92 Å². The molecule has 0 bridgehead atoms. The Labute approximate surface area is 82.0 Å². The Hall–Kier alpha value is -0.0800. The van der Waals surface area contributed by atoms with Crippen LogP contribution in [0.2, 0.25) is 0 Å². The van der Waals surface area contributed by atoms with Crippen LogP contribution in [0.5, 0.6) is 0 Å². The summed E-state index contributed by atoms with van der Waals surface area (Å²) in [5.74, 6) is 0.393. The van der Waals surface area contributed by atoms with Crippen molar-refractivity contribution in [1.29, 1.82) is 0 Å². The average molecular weight is 188 g/mol. The second-order valence-corrected chi connectivity index (χ2v) is 4.46. The molecule has 0 amide bonds. The average Bonchev–Trinajstić information content (AvgIpc) is 2.03. The van der Waals surface area contributed by atoms with Crippen molar-refractivity contribution in [2.45, 2.75) is 65.1 Å². The molecule has 13 heavy (non-hydrogen) atoms. The highest BCUT2D eigenvalue weighted by molar-refractivity contribution is 4.74. The van der Waals surface area contributed by atoms with Crippen LogP contribution in [0.15, 0.2) is 0 Å².